The zero-order valence-corrected chi connectivity index (χ0v) is 14.8. The first-order valence-electron chi connectivity index (χ1n) is 8.62. The lowest BCUT2D eigenvalue weighted by Gasteiger charge is -2.06. The van der Waals surface area contributed by atoms with Crippen molar-refractivity contribution in [1.29, 1.82) is 0 Å². The summed E-state index contributed by atoms with van der Waals surface area (Å²) in [4.78, 5) is 28.7. The van der Waals surface area contributed by atoms with Crippen molar-refractivity contribution in [2.24, 2.45) is 0 Å². The fourth-order valence-corrected chi connectivity index (χ4v) is 2.99. The third-order valence-electron chi connectivity index (χ3n) is 4.38. The molecule has 27 heavy (non-hydrogen) atoms. The van der Waals surface area contributed by atoms with Gasteiger partial charge in [-0.3, -0.25) is 14.7 Å². The molecule has 0 aliphatic rings. The van der Waals surface area contributed by atoms with E-state index in [1.807, 2.05) is 42.5 Å². The second-order valence-corrected chi connectivity index (χ2v) is 6.33. The smallest absolute Gasteiger partial charge is 0.272 e. The van der Waals surface area contributed by atoms with Gasteiger partial charge in [0.05, 0.1) is 0 Å². The monoisotopic (exact) mass is 358 g/mol. The van der Waals surface area contributed by atoms with Crippen LogP contribution < -0.4 is 10.9 Å². The maximum absolute atomic E-state index is 12.5. The van der Waals surface area contributed by atoms with E-state index in [9.17, 15) is 9.59 Å². The van der Waals surface area contributed by atoms with E-state index >= 15 is 0 Å². The average Bonchev–Trinajstić information content (AvgIpc) is 3.11. The zero-order chi connectivity index (χ0) is 18.8. The summed E-state index contributed by atoms with van der Waals surface area (Å²) in [7, 11) is 0. The summed E-state index contributed by atoms with van der Waals surface area (Å²) in [6.45, 7) is 2.12. The van der Waals surface area contributed by atoms with Gasteiger partial charge in [0, 0.05) is 24.5 Å². The molecule has 2 aromatic heterocycles. The van der Waals surface area contributed by atoms with Crippen molar-refractivity contribution >= 4 is 11.6 Å². The van der Waals surface area contributed by atoms with E-state index < -0.39 is 0 Å². The first-order valence-corrected chi connectivity index (χ1v) is 8.62. The molecule has 6 heteroatoms. The van der Waals surface area contributed by atoms with Gasteiger partial charge in [0.1, 0.15) is 5.56 Å². The largest absolute Gasteiger partial charge is 0.348 e. The van der Waals surface area contributed by atoms with Crippen LogP contribution in [0, 0.1) is 6.92 Å². The van der Waals surface area contributed by atoms with E-state index in [1.54, 1.807) is 6.92 Å². The molecule has 2 aromatic carbocycles. The number of nitrogens with zero attached hydrogens (tertiary/aromatic N) is 2. The molecule has 0 bridgehead atoms. The Balaban J connectivity index is 1.49. The summed E-state index contributed by atoms with van der Waals surface area (Å²) in [5.41, 5.74) is 4.27. The van der Waals surface area contributed by atoms with Crippen LogP contribution >= 0.6 is 0 Å². The first kappa shape index (κ1) is 16.8. The van der Waals surface area contributed by atoms with Crippen LogP contribution in [0.1, 0.15) is 21.6 Å². The quantitative estimate of drug-likeness (QED) is 0.589. The highest BCUT2D eigenvalue weighted by atomic mass is 16.2. The SMILES string of the molecule is Cc1cc(=O)n2[nH]cc(C(=O)NCc3ccc(-c4ccccc4)cc3)c2n1. The molecule has 4 aromatic rings. The zero-order valence-electron chi connectivity index (χ0n) is 14.8. The molecule has 0 fully saturated rings. The highest BCUT2D eigenvalue weighted by Crippen LogP contribution is 2.19. The first-order chi connectivity index (χ1) is 13.1. The van der Waals surface area contributed by atoms with Crippen molar-refractivity contribution in [3.63, 3.8) is 0 Å². The van der Waals surface area contributed by atoms with Crippen LogP contribution in [0.15, 0.2) is 71.7 Å². The minimum atomic E-state index is -0.279. The summed E-state index contributed by atoms with van der Waals surface area (Å²) in [6, 6.07) is 19.6. The van der Waals surface area contributed by atoms with Gasteiger partial charge in [0.2, 0.25) is 0 Å². The molecule has 6 nitrogen and oxygen atoms in total. The molecule has 1 amide bonds. The molecule has 134 valence electrons. The number of nitrogens with one attached hydrogen (secondary N) is 2. The average molecular weight is 358 g/mol. The van der Waals surface area contributed by atoms with E-state index in [4.69, 9.17) is 0 Å². The molecular weight excluding hydrogens is 340 g/mol. The normalized spacial score (nSPS) is 10.9. The molecule has 0 aliphatic carbocycles. The van der Waals surface area contributed by atoms with Gasteiger partial charge in [-0.1, -0.05) is 54.6 Å². The summed E-state index contributed by atoms with van der Waals surface area (Å²) in [5, 5.41) is 5.65. The number of aromatic amines is 1. The molecule has 0 saturated carbocycles. The van der Waals surface area contributed by atoms with E-state index in [0.29, 0.717) is 23.4 Å². The Kier molecular flexibility index (Phi) is 4.30. The summed E-state index contributed by atoms with van der Waals surface area (Å²) in [6.07, 6.45) is 1.50. The molecule has 0 spiro atoms. The molecule has 0 unspecified atom stereocenters. The van der Waals surface area contributed by atoms with Gasteiger partial charge in [-0.2, -0.15) is 0 Å². The number of aryl methyl sites for hydroxylation is 1. The highest BCUT2D eigenvalue weighted by molar-refractivity contribution is 5.99. The maximum Gasteiger partial charge on any atom is 0.272 e. The van der Waals surface area contributed by atoms with Crippen molar-refractivity contribution in [1.82, 2.24) is 19.9 Å². The number of hydrogen-bond acceptors (Lipinski definition) is 3. The van der Waals surface area contributed by atoms with Gasteiger partial charge in [-0.25, -0.2) is 9.50 Å². The van der Waals surface area contributed by atoms with Crippen molar-refractivity contribution in [2.45, 2.75) is 13.5 Å². The Morgan fingerprint density at radius 3 is 2.52 bits per heavy atom. The van der Waals surface area contributed by atoms with E-state index in [1.165, 1.54) is 16.8 Å². The van der Waals surface area contributed by atoms with Crippen molar-refractivity contribution in [3.05, 3.63) is 94.0 Å². The van der Waals surface area contributed by atoms with Crippen LogP contribution in [0.5, 0.6) is 0 Å². The van der Waals surface area contributed by atoms with Crippen molar-refractivity contribution < 1.29 is 4.79 Å². The molecule has 4 rings (SSSR count). The topological polar surface area (TPSA) is 79.3 Å². The molecule has 0 radical (unpaired) electrons. The summed E-state index contributed by atoms with van der Waals surface area (Å²) in [5.74, 6) is -0.279. The lowest BCUT2D eigenvalue weighted by Crippen LogP contribution is -2.23. The molecule has 0 atom stereocenters. The van der Waals surface area contributed by atoms with Crippen LogP contribution in [0.2, 0.25) is 0 Å². The number of hydrogen-bond donors (Lipinski definition) is 2. The molecule has 0 aliphatic heterocycles. The predicted molar refractivity (Wildman–Crippen MR) is 104 cm³/mol. The van der Waals surface area contributed by atoms with Crippen LogP contribution in [-0.2, 0) is 6.54 Å². The maximum atomic E-state index is 12.5. The fourth-order valence-electron chi connectivity index (χ4n) is 2.99. The van der Waals surface area contributed by atoms with Gasteiger partial charge in [-0.15, -0.1) is 0 Å². The molecular formula is C21H18N4O2. The van der Waals surface area contributed by atoms with E-state index in [2.05, 4.69) is 27.5 Å². The number of H-pyrrole nitrogens is 1. The summed E-state index contributed by atoms with van der Waals surface area (Å²) < 4.78 is 1.26. The van der Waals surface area contributed by atoms with Gasteiger partial charge >= 0.3 is 0 Å². The Bertz CT molecular complexity index is 1160. The lowest BCUT2D eigenvalue weighted by molar-refractivity contribution is 0.0952. The number of aromatic nitrogens is 3. The predicted octanol–water partition coefficient (Wildman–Crippen LogP) is 2.93. The van der Waals surface area contributed by atoms with Crippen LogP contribution in [-0.4, -0.2) is 20.5 Å². The van der Waals surface area contributed by atoms with Crippen LogP contribution in [0.25, 0.3) is 16.8 Å². The number of amides is 1. The summed E-state index contributed by atoms with van der Waals surface area (Å²) >= 11 is 0. The second kappa shape index (κ2) is 6.92. The third kappa shape index (κ3) is 3.37. The fraction of sp³-hybridized carbons (Fsp3) is 0.0952. The van der Waals surface area contributed by atoms with Crippen molar-refractivity contribution in [2.75, 3.05) is 0 Å². The Morgan fingerprint density at radius 2 is 1.78 bits per heavy atom. The number of fused-ring (bicyclic) bond motifs is 1. The minimum Gasteiger partial charge on any atom is -0.348 e. The molecule has 2 heterocycles. The highest BCUT2D eigenvalue weighted by Gasteiger charge is 2.14. The second-order valence-electron chi connectivity index (χ2n) is 6.33. The Hall–Kier alpha value is -3.67. The van der Waals surface area contributed by atoms with E-state index in [0.717, 1.165) is 16.7 Å². The number of carbonyl (C=O) groups excluding carboxylic acids is 1. The van der Waals surface area contributed by atoms with Crippen LogP contribution in [0.4, 0.5) is 0 Å². The number of carbonyl (C=O) groups is 1. The standard InChI is InChI=1S/C21H18N4O2/c1-14-11-19(26)25-20(24-14)18(13-23-25)21(27)22-12-15-7-9-17(10-8-15)16-5-3-2-4-6-16/h2-11,13,23H,12H2,1H3,(H,22,27). The van der Waals surface area contributed by atoms with Gasteiger partial charge in [0.25, 0.3) is 11.5 Å². The molecule has 2 N–H and O–H groups in total. The number of benzene rings is 2. The van der Waals surface area contributed by atoms with Crippen LogP contribution in [0.3, 0.4) is 0 Å². The Morgan fingerprint density at radius 1 is 1.07 bits per heavy atom. The minimum absolute atomic E-state index is 0.243. The lowest BCUT2D eigenvalue weighted by atomic mass is 10.0. The van der Waals surface area contributed by atoms with Gasteiger partial charge in [0.15, 0.2) is 5.65 Å². The van der Waals surface area contributed by atoms with Gasteiger partial charge < -0.3 is 5.32 Å². The third-order valence-corrected chi connectivity index (χ3v) is 4.38. The van der Waals surface area contributed by atoms with Crippen molar-refractivity contribution in [3.8, 4) is 11.1 Å². The van der Waals surface area contributed by atoms with Gasteiger partial charge in [-0.05, 0) is 23.6 Å². The Labute approximate surface area is 155 Å². The molecule has 0 saturated heterocycles. The number of rotatable bonds is 4. The van der Waals surface area contributed by atoms with E-state index in [-0.39, 0.29) is 11.5 Å².